The van der Waals surface area contributed by atoms with Crippen molar-refractivity contribution in [2.24, 2.45) is 0 Å². The van der Waals surface area contributed by atoms with Crippen molar-refractivity contribution in [3.63, 3.8) is 0 Å². The molecule has 1 aliphatic heterocycles. The average molecular weight is 401 g/mol. The first-order chi connectivity index (χ1) is 14.7. The highest BCUT2D eigenvalue weighted by Gasteiger charge is 2.27. The summed E-state index contributed by atoms with van der Waals surface area (Å²) in [6.45, 7) is 4.31. The largest absolute Gasteiger partial charge is 0.389 e. The van der Waals surface area contributed by atoms with E-state index in [2.05, 4.69) is 52.7 Å². The zero-order chi connectivity index (χ0) is 20.5. The van der Waals surface area contributed by atoms with Gasteiger partial charge in [0.2, 0.25) is 5.95 Å². The minimum Gasteiger partial charge on any atom is -0.389 e. The maximum atomic E-state index is 9.87. The molecule has 0 saturated heterocycles. The molecule has 3 aromatic rings. The Hall–Kier alpha value is -2.92. The van der Waals surface area contributed by atoms with Gasteiger partial charge < -0.3 is 15.3 Å². The van der Waals surface area contributed by atoms with Gasteiger partial charge in [-0.05, 0) is 48.4 Å². The Labute approximate surface area is 177 Å². The van der Waals surface area contributed by atoms with Crippen LogP contribution in [-0.4, -0.2) is 21.6 Å². The molecule has 0 amide bonds. The third-order valence-corrected chi connectivity index (χ3v) is 6.07. The third-order valence-electron chi connectivity index (χ3n) is 6.07. The van der Waals surface area contributed by atoms with Crippen molar-refractivity contribution in [3.8, 4) is 0 Å². The molecular formula is C25H28N4O. The second-order valence-corrected chi connectivity index (χ2v) is 8.46. The summed E-state index contributed by atoms with van der Waals surface area (Å²) in [6, 6.07) is 18.9. The van der Waals surface area contributed by atoms with Gasteiger partial charge in [-0.3, -0.25) is 0 Å². The lowest BCUT2D eigenvalue weighted by Crippen LogP contribution is -2.31. The van der Waals surface area contributed by atoms with Crippen LogP contribution in [0.25, 0.3) is 0 Å². The van der Waals surface area contributed by atoms with Crippen molar-refractivity contribution in [3.05, 3.63) is 82.5 Å². The van der Waals surface area contributed by atoms with Gasteiger partial charge in [0.1, 0.15) is 5.82 Å². The molecule has 2 aromatic carbocycles. The topological polar surface area (TPSA) is 61.3 Å². The summed E-state index contributed by atoms with van der Waals surface area (Å²) in [5, 5.41) is 13.3. The molecule has 0 spiro atoms. The lowest BCUT2D eigenvalue weighted by molar-refractivity contribution is 0.199. The van der Waals surface area contributed by atoms with E-state index in [0.717, 1.165) is 43.1 Å². The Morgan fingerprint density at radius 3 is 2.67 bits per heavy atom. The second kappa shape index (κ2) is 8.07. The van der Waals surface area contributed by atoms with Crippen LogP contribution in [0.2, 0.25) is 0 Å². The molecule has 1 atom stereocenters. The molecule has 0 unspecified atom stereocenters. The van der Waals surface area contributed by atoms with Gasteiger partial charge in [0.25, 0.3) is 0 Å². The van der Waals surface area contributed by atoms with E-state index in [1.807, 2.05) is 19.1 Å². The minimum absolute atomic E-state index is 0.422. The molecule has 5 nitrogen and oxygen atoms in total. The molecule has 2 aliphatic rings. The highest BCUT2D eigenvalue weighted by molar-refractivity contribution is 5.50. The lowest BCUT2D eigenvalue weighted by atomic mass is 9.96. The number of aliphatic hydroxyl groups excluding tert-OH is 1. The number of benzene rings is 2. The summed E-state index contributed by atoms with van der Waals surface area (Å²) in [6.07, 6.45) is 2.99. The fourth-order valence-corrected chi connectivity index (χ4v) is 4.09. The number of nitrogens with one attached hydrogen (secondary N) is 1. The van der Waals surface area contributed by atoms with Gasteiger partial charge in [-0.15, -0.1) is 0 Å². The van der Waals surface area contributed by atoms with Crippen LogP contribution in [0.5, 0.6) is 0 Å². The molecule has 30 heavy (non-hydrogen) atoms. The monoisotopic (exact) mass is 400 g/mol. The molecule has 0 bridgehead atoms. The van der Waals surface area contributed by atoms with Crippen LogP contribution in [0.1, 0.15) is 59.7 Å². The van der Waals surface area contributed by atoms with Crippen LogP contribution in [0, 0.1) is 0 Å². The van der Waals surface area contributed by atoms with E-state index in [9.17, 15) is 5.11 Å². The Kier molecular flexibility index (Phi) is 5.13. The van der Waals surface area contributed by atoms with Crippen LogP contribution in [-0.2, 0) is 19.5 Å². The Balaban J connectivity index is 1.37. The number of hydrogen-bond donors (Lipinski definition) is 2. The maximum absolute atomic E-state index is 9.87. The molecule has 1 saturated carbocycles. The van der Waals surface area contributed by atoms with Crippen molar-refractivity contribution < 1.29 is 5.11 Å². The number of fused-ring (bicyclic) bond motifs is 1. The number of anilines is 2. The Morgan fingerprint density at radius 2 is 1.90 bits per heavy atom. The average Bonchev–Trinajstić information content (AvgIpc) is 3.63. The van der Waals surface area contributed by atoms with Crippen LogP contribution in [0.4, 0.5) is 11.8 Å². The van der Waals surface area contributed by atoms with Gasteiger partial charge in [0, 0.05) is 31.6 Å². The first-order valence-electron chi connectivity index (χ1n) is 10.9. The molecule has 5 rings (SSSR count). The minimum atomic E-state index is -0.422. The van der Waals surface area contributed by atoms with Crippen molar-refractivity contribution in [1.82, 2.24) is 9.97 Å². The second-order valence-electron chi connectivity index (χ2n) is 8.46. The first kappa shape index (κ1) is 19.1. The normalized spacial score (nSPS) is 16.8. The van der Waals surface area contributed by atoms with Crippen LogP contribution >= 0.6 is 0 Å². The summed E-state index contributed by atoms with van der Waals surface area (Å²) in [7, 11) is 0. The number of nitrogens with zero attached hydrogens (tertiary/aromatic N) is 3. The highest BCUT2D eigenvalue weighted by atomic mass is 16.3. The van der Waals surface area contributed by atoms with E-state index >= 15 is 0 Å². The van der Waals surface area contributed by atoms with E-state index in [-0.39, 0.29) is 0 Å². The van der Waals surface area contributed by atoms with Gasteiger partial charge in [-0.25, -0.2) is 4.98 Å². The molecule has 1 aromatic heterocycles. The van der Waals surface area contributed by atoms with E-state index in [4.69, 9.17) is 9.97 Å². The van der Waals surface area contributed by atoms with E-state index in [1.54, 1.807) is 0 Å². The third kappa shape index (κ3) is 4.17. The van der Waals surface area contributed by atoms with Crippen LogP contribution in [0.15, 0.2) is 54.6 Å². The number of aliphatic hydroxyl groups is 1. The molecule has 1 aliphatic carbocycles. The van der Waals surface area contributed by atoms with Gasteiger partial charge in [0.15, 0.2) is 0 Å². The number of aromatic nitrogens is 2. The zero-order valence-electron chi connectivity index (χ0n) is 17.4. The lowest BCUT2D eigenvalue weighted by Gasteiger charge is -2.30. The smallest absolute Gasteiger partial charge is 0.225 e. The van der Waals surface area contributed by atoms with Gasteiger partial charge >= 0.3 is 0 Å². The predicted octanol–water partition coefficient (Wildman–Crippen LogP) is 4.58. The predicted molar refractivity (Wildman–Crippen MR) is 120 cm³/mol. The molecule has 2 N–H and O–H groups in total. The van der Waals surface area contributed by atoms with E-state index < -0.39 is 6.10 Å². The maximum Gasteiger partial charge on any atom is 0.225 e. The first-order valence-corrected chi connectivity index (χ1v) is 10.9. The summed E-state index contributed by atoms with van der Waals surface area (Å²) < 4.78 is 0. The van der Waals surface area contributed by atoms with E-state index in [0.29, 0.717) is 11.9 Å². The van der Waals surface area contributed by atoms with Crippen molar-refractivity contribution in [2.45, 2.75) is 51.3 Å². The highest BCUT2D eigenvalue weighted by Crippen LogP contribution is 2.40. The molecule has 5 heteroatoms. The zero-order valence-corrected chi connectivity index (χ0v) is 17.4. The van der Waals surface area contributed by atoms with E-state index in [1.165, 1.54) is 29.5 Å². The summed E-state index contributed by atoms with van der Waals surface area (Å²) in [5.74, 6) is 2.30. The van der Waals surface area contributed by atoms with Gasteiger partial charge in [0.05, 0.1) is 11.8 Å². The summed E-state index contributed by atoms with van der Waals surface area (Å²) >= 11 is 0. The van der Waals surface area contributed by atoms with Crippen molar-refractivity contribution >= 4 is 11.8 Å². The SMILES string of the molecule is C[C@@H](O)c1ccc2c(c1)CCN(c1cc(C3CC3)nc(NCc3ccccc3)n1)C2. The van der Waals surface area contributed by atoms with Gasteiger partial charge in [-0.1, -0.05) is 48.5 Å². The standard InChI is InChI=1S/C25H28N4O/c1-17(30)20-9-10-22-16-29(12-11-21(22)13-20)24-14-23(19-7-8-19)27-25(28-24)26-15-18-5-3-2-4-6-18/h2-6,9-10,13-14,17,19,30H,7-8,11-12,15-16H2,1H3,(H,26,27,28)/t17-/m1/s1. The van der Waals surface area contributed by atoms with Crippen LogP contribution < -0.4 is 10.2 Å². The molecule has 1 fully saturated rings. The molecule has 154 valence electrons. The Bertz CT molecular complexity index is 1030. The molecular weight excluding hydrogens is 372 g/mol. The summed E-state index contributed by atoms with van der Waals surface area (Å²) in [5.41, 5.74) is 6.03. The molecule has 2 heterocycles. The fraction of sp³-hybridized carbons (Fsp3) is 0.360. The fourth-order valence-electron chi connectivity index (χ4n) is 4.09. The number of rotatable bonds is 6. The molecule has 0 radical (unpaired) electrons. The quantitative estimate of drug-likeness (QED) is 0.634. The number of hydrogen-bond acceptors (Lipinski definition) is 5. The van der Waals surface area contributed by atoms with Crippen molar-refractivity contribution in [2.75, 3.05) is 16.8 Å². The Morgan fingerprint density at radius 1 is 1.07 bits per heavy atom. The van der Waals surface area contributed by atoms with Gasteiger partial charge in [-0.2, -0.15) is 4.98 Å². The van der Waals surface area contributed by atoms with Crippen molar-refractivity contribution in [1.29, 1.82) is 0 Å². The summed E-state index contributed by atoms with van der Waals surface area (Å²) in [4.78, 5) is 12.0. The van der Waals surface area contributed by atoms with Crippen LogP contribution in [0.3, 0.4) is 0 Å².